The monoisotopic (exact) mass is 500 g/mol. The molecule has 1 atom stereocenters. The van der Waals surface area contributed by atoms with Crippen LogP contribution in [0, 0.1) is 0 Å². The molecule has 0 aliphatic carbocycles. The Morgan fingerprint density at radius 2 is 2.18 bits per heavy atom. The SMILES string of the molecule is CC1CN(CCS(=O)(=O)N(Cc2ncc(-c3nnc(C(F)F)o3)s2)c2cccnc2)CCO1. The molecule has 1 aliphatic rings. The van der Waals surface area contributed by atoms with Crippen LogP contribution in [0.15, 0.2) is 35.1 Å². The van der Waals surface area contributed by atoms with Gasteiger partial charge < -0.3 is 9.15 Å². The molecule has 1 unspecified atom stereocenters. The third-order valence-electron chi connectivity index (χ3n) is 4.93. The van der Waals surface area contributed by atoms with E-state index in [1.165, 1.54) is 16.7 Å². The predicted molar refractivity (Wildman–Crippen MR) is 116 cm³/mol. The first kappa shape index (κ1) is 23.6. The molecule has 0 saturated carbocycles. The van der Waals surface area contributed by atoms with Crippen molar-refractivity contribution in [3.63, 3.8) is 0 Å². The van der Waals surface area contributed by atoms with Crippen molar-refractivity contribution in [1.82, 2.24) is 25.1 Å². The second-order valence-electron chi connectivity index (χ2n) is 7.38. The van der Waals surface area contributed by atoms with Crippen LogP contribution in [-0.4, -0.2) is 71.6 Å². The number of rotatable bonds is 9. The summed E-state index contributed by atoms with van der Waals surface area (Å²) in [6.07, 6.45) is 1.60. The van der Waals surface area contributed by atoms with E-state index in [4.69, 9.17) is 9.15 Å². The average molecular weight is 501 g/mol. The summed E-state index contributed by atoms with van der Waals surface area (Å²) in [4.78, 5) is 10.7. The van der Waals surface area contributed by atoms with Crippen molar-refractivity contribution in [3.05, 3.63) is 41.6 Å². The number of aromatic nitrogens is 4. The number of hydrogen-bond donors (Lipinski definition) is 0. The van der Waals surface area contributed by atoms with Gasteiger partial charge in [-0.15, -0.1) is 21.5 Å². The van der Waals surface area contributed by atoms with Crippen molar-refractivity contribution >= 4 is 27.0 Å². The van der Waals surface area contributed by atoms with Crippen molar-refractivity contribution in [2.45, 2.75) is 26.0 Å². The summed E-state index contributed by atoms with van der Waals surface area (Å²) >= 11 is 1.09. The Hall–Kier alpha value is -2.55. The van der Waals surface area contributed by atoms with Gasteiger partial charge in [-0.25, -0.2) is 13.4 Å². The number of halogens is 2. The average Bonchev–Trinajstić information content (AvgIpc) is 3.46. The van der Waals surface area contributed by atoms with Crippen molar-refractivity contribution in [2.24, 2.45) is 0 Å². The van der Waals surface area contributed by atoms with Crippen LogP contribution in [0.25, 0.3) is 10.8 Å². The van der Waals surface area contributed by atoms with Crippen LogP contribution in [0.1, 0.15) is 24.2 Å². The molecule has 10 nitrogen and oxygen atoms in total. The molecule has 0 bridgehead atoms. The maximum absolute atomic E-state index is 13.3. The zero-order valence-corrected chi connectivity index (χ0v) is 19.3. The first-order valence-electron chi connectivity index (χ1n) is 10.1. The number of thiazole rings is 1. The zero-order valence-electron chi connectivity index (χ0n) is 17.7. The largest absolute Gasteiger partial charge is 0.414 e. The highest BCUT2D eigenvalue weighted by molar-refractivity contribution is 7.92. The van der Waals surface area contributed by atoms with Crippen LogP contribution in [0.2, 0.25) is 0 Å². The maximum Gasteiger partial charge on any atom is 0.314 e. The standard InChI is InChI=1S/C19H22F2N6O4S2/c1-13-11-26(5-7-30-13)6-8-33(28,29)27(14-3-2-4-22-9-14)12-16-23-10-15(32-16)18-24-25-19(31-18)17(20)21/h2-4,9-10,13,17H,5-8,11-12H2,1H3. The fourth-order valence-electron chi connectivity index (χ4n) is 3.33. The molecule has 33 heavy (non-hydrogen) atoms. The Morgan fingerprint density at radius 3 is 2.88 bits per heavy atom. The van der Waals surface area contributed by atoms with E-state index in [0.29, 0.717) is 41.8 Å². The second kappa shape index (κ2) is 10.2. The molecule has 0 amide bonds. The van der Waals surface area contributed by atoms with Crippen molar-refractivity contribution in [2.75, 3.05) is 36.3 Å². The molecule has 0 aromatic carbocycles. The molecule has 4 rings (SSSR count). The van der Waals surface area contributed by atoms with Crippen LogP contribution >= 0.6 is 11.3 Å². The van der Waals surface area contributed by atoms with Gasteiger partial charge in [0, 0.05) is 25.8 Å². The predicted octanol–water partition coefficient (Wildman–Crippen LogP) is 2.58. The highest BCUT2D eigenvalue weighted by Crippen LogP contribution is 2.29. The summed E-state index contributed by atoms with van der Waals surface area (Å²) in [5.74, 6) is -0.961. The van der Waals surface area contributed by atoms with Gasteiger partial charge >= 0.3 is 6.43 Å². The van der Waals surface area contributed by atoms with Gasteiger partial charge in [0.05, 0.1) is 43.1 Å². The summed E-state index contributed by atoms with van der Waals surface area (Å²) in [5.41, 5.74) is 0.405. The maximum atomic E-state index is 13.3. The van der Waals surface area contributed by atoms with E-state index in [9.17, 15) is 17.2 Å². The third-order valence-corrected chi connectivity index (χ3v) is 7.61. The van der Waals surface area contributed by atoms with Gasteiger partial charge in [-0.1, -0.05) is 0 Å². The second-order valence-corrected chi connectivity index (χ2v) is 10.5. The minimum absolute atomic E-state index is 0.0476. The Kier molecular flexibility index (Phi) is 7.26. The molecule has 4 heterocycles. The molecule has 0 radical (unpaired) electrons. The fraction of sp³-hybridized carbons (Fsp3) is 0.474. The molecule has 1 saturated heterocycles. The minimum atomic E-state index is -3.73. The summed E-state index contributed by atoms with van der Waals surface area (Å²) in [6.45, 7) is 4.19. The highest BCUT2D eigenvalue weighted by Gasteiger charge is 2.27. The number of anilines is 1. The normalized spacial score (nSPS) is 17.5. The Bertz CT molecular complexity index is 1160. The number of nitrogens with zero attached hydrogens (tertiary/aromatic N) is 6. The van der Waals surface area contributed by atoms with Gasteiger partial charge in [-0.3, -0.25) is 14.2 Å². The lowest BCUT2D eigenvalue weighted by Crippen LogP contribution is -2.44. The molecule has 3 aromatic heterocycles. The van der Waals surface area contributed by atoms with E-state index >= 15 is 0 Å². The van der Waals surface area contributed by atoms with Gasteiger partial charge in [-0.2, -0.15) is 8.78 Å². The lowest BCUT2D eigenvalue weighted by Gasteiger charge is -2.31. The Morgan fingerprint density at radius 1 is 1.33 bits per heavy atom. The molecule has 0 spiro atoms. The zero-order chi connectivity index (χ0) is 23.4. The van der Waals surface area contributed by atoms with Crippen LogP contribution in [0.3, 0.4) is 0 Å². The van der Waals surface area contributed by atoms with Gasteiger partial charge in [0.2, 0.25) is 10.0 Å². The van der Waals surface area contributed by atoms with Crippen molar-refractivity contribution in [3.8, 4) is 10.8 Å². The van der Waals surface area contributed by atoms with E-state index < -0.39 is 22.3 Å². The molecule has 14 heteroatoms. The first-order valence-corrected chi connectivity index (χ1v) is 12.6. The third kappa shape index (κ3) is 5.88. The Labute approximate surface area is 193 Å². The molecule has 0 N–H and O–H groups in total. The number of morpholine rings is 1. The first-order chi connectivity index (χ1) is 15.8. The Balaban J connectivity index is 1.52. The summed E-state index contributed by atoms with van der Waals surface area (Å²) in [6, 6.07) is 3.31. The van der Waals surface area contributed by atoms with E-state index in [2.05, 4.69) is 25.1 Å². The van der Waals surface area contributed by atoms with Crippen LogP contribution < -0.4 is 4.31 Å². The molecule has 1 fully saturated rings. The van der Waals surface area contributed by atoms with E-state index in [1.807, 2.05) is 6.92 Å². The summed E-state index contributed by atoms with van der Waals surface area (Å²) < 4.78 is 63.8. The van der Waals surface area contributed by atoms with Gasteiger partial charge in [0.25, 0.3) is 11.8 Å². The van der Waals surface area contributed by atoms with Crippen LogP contribution in [-0.2, 0) is 21.3 Å². The number of ether oxygens (including phenoxy) is 1. The van der Waals surface area contributed by atoms with Gasteiger partial charge in [-0.05, 0) is 19.1 Å². The lowest BCUT2D eigenvalue weighted by atomic mass is 10.3. The van der Waals surface area contributed by atoms with E-state index in [0.717, 1.165) is 11.3 Å². The number of sulfonamides is 1. The molecule has 178 valence electrons. The number of alkyl halides is 2. The van der Waals surface area contributed by atoms with Gasteiger partial charge in [0.15, 0.2) is 0 Å². The number of pyridine rings is 1. The molecular formula is C19H22F2N6O4S2. The number of hydrogen-bond acceptors (Lipinski definition) is 10. The lowest BCUT2D eigenvalue weighted by molar-refractivity contribution is -0.0160. The van der Waals surface area contributed by atoms with E-state index in [1.54, 1.807) is 18.3 Å². The van der Waals surface area contributed by atoms with Gasteiger partial charge in [0.1, 0.15) is 9.88 Å². The topological polar surface area (TPSA) is 115 Å². The smallest absolute Gasteiger partial charge is 0.314 e. The molecular weight excluding hydrogens is 478 g/mol. The summed E-state index contributed by atoms with van der Waals surface area (Å²) in [7, 11) is -3.73. The quantitative estimate of drug-likeness (QED) is 0.437. The fourth-order valence-corrected chi connectivity index (χ4v) is 5.69. The van der Waals surface area contributed by atoms with Crippen LogP contribution in [0.5, 0.6) is 0 Å². The summed E-state index contributed by atoms with van der Waals surface area (Å²) in [5, 5.41) is 7.36. The van der Waals surface area contributed by atoms with Crippen molar-refractivity contribution < 1.29 is 26.4 Å². The van der Waals surface area contributed by atoms with E-state index in [-0.39, 0.29) is 24.3 Å². The molecule has 3 aromatic rings. The minimum Gasteiger partial charge on any atom is -0.414 e. The van der Waals surface area contributed by atoms with Crippen LogP contribution in [0.4, 0.5) is 14.5 Å². The van der Waals surface area contributed by atoms with Crippen molar-refractivity contribution in [1.29, 1.82) is 0 Å². The highest BCUT2D eigenvalue weighted by atomic mass is 32.2. The molecule has 1 aliphatic heterocycles.